The molecular weight excluding hydrogens is 308 g/mol. The number of hydrogen-bond acceptors (Lipinski definition) is 5. The molecule has 24 heavy (non-hydrogen) atoms. The molecule has 0 spiro atoms. The summed E-state index contributed by atoms with van der Waals surface area (Å²) in [7, 11) is 3.44. The number of methoxy groups -OCH3 is 1. The second kappa shape index (κ2) is 6.19. The van der Waals surface area contributed by atoms with Crippen LogP contribution in [0.1, 0.15) is 21.8 Å². The van der Waals surface area contributed by atoms with E-state index in [1.165, 1.54) is 0 Å². The van der Waals surface area contributed by atoms with E-state index in [1.807, 2.05) is 25.1 Å². The molecule has 0 aliphatic rings. The molecule has 1 N–H and O–H groups in total. The van der Waals surface area contributed by atoms with Crippen molar-refractivity contribution >= 4 is 11.7 Å². The van der Waals surface area contributed by atoms with E-state index in [2.05, 4.69) is 15.6 Å². The van der Waals surface area contributed by atoms with E-state index >= 15 is 0 Å². The average molecular weight is 326 g/mol. The maximum Gasteiger partial charge on any atom is 0.277 e. The van der Waals surface area contributed by atoms with Crippen LogP contribution in [0.3, 0.4) is 0 Å². The van der Waals surface area contributed by atoms with Crippen LogP contribution in [0.2, 0.25) is 0 Å². The minimum atomic E-state index is -0.338. The van der Waals surface area contributed by atoms with Crippen LogP contribution in [0, 0.1) is 13.8 Å². The fourth-order valence-electron chi connectivity index (χ4n) is 2.49. The van der Waals surface area contributed by atoms with Gasteiger partial charge >= 0.3 is 0 Å². The van der Waals surface area contributed by atoms with Crippen LogP contribution in [0.5, 0.6) is 5.75 Å². The highest BCUT2D eigenvalue weighted by atomic mass is 16.5. The lowest BCUT2D eigenvalue weighted by Crippen LogP contribution is -2.13. The van der Waals surface area contributed by atoms with Crippen LogP contribution in [-0.4, -0.2) is 28.0 Å². The maximum absolute atomic E-state index is 12.3. The number of hydrogen-bond donors (Lipinski definition) is 1. The van der Waals surface area contributed by atoms with E-state index < -0.39 is 0 Å². The summed E-state index contributed by atoms with van der Waals surface area (Å²) in [6.45, 7) is 3.73. The first kappa shape index (κ1) is 15.8. The van der Waals surface area contributed by atoms with Gasteiger partial charge in [-0.1, -0.05) is 5.16 Å². The van der Waals surface area contributed by atoms with Crippen molar-refractivity contribution in [1.29, 1.82) is 0 Å². The Labute approximate surface area is 139 Å². The van der Waals surface area contributed by atoms with E-state index in [4.69, 9.17) is 9.26 Å². The molecule has 1 aromatic carbocycles. The number of carbonyl (C=O) groups is 1. The Bertz CT molecular complexity index is 895. The minimum absolute atomic E-state index is 0.307. The summed E-state index contributed by atoms with van der Waals surface area (Å²) in [6, 6.07) is 9.22. The predicted molar refractivity (Wildman–Crippen MR) is 89.1 cm³/mol. The molecule has 124 valence electrons. The smallest absolute Gasteiger partial charge is 0.277 e. The Kier molecular flexibility index (Phi) is 4.07. The number of benzene rings is 1. The van der Waals surface area contributed by atoms with Crippen molar-refractivity contribution in [2.45, 2.75) is 13.8 Å². The van der Waals surface area contributed by atoms with Crippen LogP contribution in [-0.2, 0) is 7.05 Å². The Hall–Kier alpha value is -3.09. The number of aromatic nitrogens is 3. The molecule has 1 amide bonds. The van der Waals surface area contributed by atoms with E-state index in [0.717, 1.165) is 22.6 Å². The number of anilines is 1. The van der Waals surface area contributed by atoms with Gasteiger partial charge < -0.3 is 14.6 Å². The van der Waals surface area contributed by atoms with Gasteiger partial charge in [0.25, 0.3) is 5.91 Å². The van der Waals surface area contributed by atoms with E-state index in [9.17, 15) is 4.79 Å². The molecular formula is C17H18N4O3. The van der Waals surface area contributed by atoms with E-state index in [0.29, 0.717) is 17.3 Å². The van der Waals surface area contributed by atoms with Crippen molar-refractivity contribution < 1.29 is 14.1 Å². The van der Waals surface area contributed by atoms with E-state index in [1.54, 1.807) is 37.9 Å². The molecule has 7 nitrogen and oxygen atoms in total. The highest BCUT2D eigenvalue weighted by Crippen LogP contribution is 2.26. The van der Waals surface area contributed by atoms with Gasteiger partial charge in [-0.25, -0.2) is 0 Å². The first-order valence-corrected chi connectivity index (χ1v) is 7.41. The lowest BCUT2D eigenvalue weighted by atomic mass is 10.1. The monoisotopic (exact) mass is 326 g/mol. The number of ether oxygens (including phenoxy) is 1. The second-order valence-corrected chi connectivity index (χ2v) is 5.50. The molecule has 0 aliphatic heterocycles. The molecule has 3 aromatic rings. The van der Waals surface area contributed by atoms with Gasteiger partial charge in [0, 0.05) is 18.7 Å². The molecule has 3 rings (SSSR count). The number of carbonyl (C=O) groups excluding carboxylic acids is 1. The average Bonchev–Trinajstić information content (AvgIpc) is 3.13. The Morgan fingerprint density at radius 1 is 1.25 bits per heavy atom. The van der Waals surface area contributed by atoms with Gasteiger partial charge in [0.1, 0.15) is 11.5 Å². The Balaban J connectivity index is 1.87. The lowest BCUT2D eigenvalue weighted by Gasteiger charge is -2.07. The summed E-state index contributed by atoms with van der Waals surface area (Å²) in [5, 5.41) is 10.7. The van der Waals surface area contributed by atoms with Crippen molar-refractivity contribution in [3.8, 4) is 17.0 Å². The van der Waals surface area contributed by atoms with Crippen molar-refractivity contribution in [3.05, 3.63) is 47.3 Å². The molecule has 0 radical (unpaired) electrons. The molecule has 0 fully saturated rings. The summed E-state index contributed by atoms with van der Waals surface area (Å²) < 4.78 is 11.9. The first-order valence-electron chi connectivity index (χ1n) is 7.41. The summed E-state index contributed by atoms with van der Waals surface area (Å²) in [4.78, 5) is 12.3. The van der Waals surface area contributed by atoms with Gasteiger partial charge in [-0.2, -0.15) is 5.10 Å². The summed E-state index contributed by atoms with van der Waals surface area (Å²) in [6.07, 6.45) is 0. The summed E-state index contributed by atoms with van der Waals surface area (Å²) in [5.41, 5.74) is 3.11. The highest BCUT2D eigenvalue weighted by molar-refractivity contribution is 6.02. The number of aryl methyl sites for hydroxylation is 3. The molecule has 0 bridgehead atoms. The highest BCUT2D eigenvalue weighted by Gasteiger charge is 2.16. The van der Waals surface area contributed by atoms with Gasteiger partial charge in [-0.15, -0.1) is 0 Å². The van der Waals surface area contributed by atoms with Crippen molar-refractivity contribution in [2.24, 2.45) is 7.05 Å². The van der Waals surface area contributed by atoms with Gasteiger partial charge in [0.2, 0.25) is 0 Å². The third-order valence-electron chi connectivity index (χ3n) is 3.67. The predicted octanol–water partition coefficient (Wildman–Crippen LogP) is 2.95. The summed E-state index contributed by atoms with van der Waals surface area (Å²) >= 11 is 0. The van der Waals surface area contributed by atoms with Gasteiger partial charge in [0.15, 0.2) is 11.5 Å². The minimum Gasteiger partial charge on any atom is -0.496 e. The number of nitrogens with one attached hydrogen (secondary N) is 1. The molecule has 0 saturated carbocycles. The fraction of sp³-hybridized carbons (Fsp3) is 0.235. The first-order chi connectivity index (χ1) is 11.5. The number of rotatable bonds is 4. The maximum atomic E-state index is 12.3. The lowest BCUT2D eigenvalue weighted by molar-refractivity contribution is 0.102. The quantitative estimate of drug-likeness (QED) is 0.797. The van der Waals surface area contributed by atoms with Crippen LogP contribution in [0.4, 0.5) is 5.82 Å². The molecule has 0 saturated heterocycles. The van der Waals surface area contributed by atoms with E-state index in [-0.39, 0.29) is 5.91 Å². The second-order valence-electron chi connectivity index (χ2n) is 5.50. The van der Waals surface area contributed by atoms with Crippen molar-refractivity contribution in [1.82, 2.24) is 14.9 Å². The van der Waals surface area contributed by atoms with Crippen molar-refractivity contribution in [2.75, 3.05) is 12.4 Å². The van der Waals surface area contributed by atoms with Crippen LogP contribution >= 0.6 is 0 Å². The number of nitrogens with zero attached hydrogens (tertiary/aromatic N) is 3. The van der Waals surface area contributed by atoms with Gasteiger partial charge in [0.05, 0.1) is 12.8 Å². The molecule has 0 aliphatic carbocycles. The topological polar surface area (TPSA) is 82.2 Å². The van der Waals surface area contributed by atoms with Gasteiger partial charge in [-0.3, -0.25) is 9.48 Å². The third-order valence-corrected chi connectivity index (χ3v) is 3.67. The Morgan fingerprint density at radius 3 is 2.67 bits per heavy atom. The molecule has 7 heteroatoms. The molecule has 2 aromatic heterocycles. The Morgan fingerprint density at radius 2 is 2.04 bits per heavy atom. The third kappa shape index (κ3) is 3.01. The number of amides is 1. The molecule has 2 heterocycles. The fourth-order valence-corrected chi connectivity index (χ4v) is 2.49. The van der Waals surface area contributed by atoms with Crippen LogP contribution in [0.15, 0.2) is 34.9 Å². The largest absolute Gasteiger partial charge is 0.496 e. The van der Waals surface area contributed by atoms with Crippen molar-refractivity contribution in [3.63, 3.8) is 0 Å². The van der Waals surface area contributed by atoms with Gasteiger partial charge in [-0.05, 0) is 43.7 Å². The van der Waals surface area contributed by atoms with Crippen LogP contribution < -0.4 is 10.1 Å². The standard InChI is InChI=1S/C17H18N4O3/c1-10-7-12(5-6-15(10)23-4)14-9-13(19-21(14)3)17(22)18-16-8-11(2)24-20-16/h5-9H,1-4H3,(H,18,20,22). The SMILES string of the molecule is COc1ccc(-c2cc(C(=O)Nc3cc(C)on3)nn2C)cc1C. The molecule has 0 atom stereocenters. The van der Waals surface area contributed by atoms with Crippen LogP contribution in [0.25, 0.3) is 11.3 Å². The zero-order valence-corrected chi connectivity index (χ0v) is 14.0. The zero-order valence-electron chi connectivity index (χ0n) is 14.0. The zero-order chi connectivity index (χ0) is 17.3. The summed E-state index contributed by atoms with van der Waals surface area (Å²) in [5.74, 6) is 1.47. The molecule has 0 unspecified atom stereocenters. The normalized spacial score (nSPS) is 10.7.